The molecular weight excluding hydrogens is 380 g/mol. The van der Waals surface area contributed by atoms with Crippen molar-refractivity contribution in [2.24, 2.45) is 0 Å². The molecule has 138 valence electrons. The molecule has 9 heteroatoms. The molecule has 0 bridgehead atoms. The van der Waals surface area contributed by atoms with E-state index in [1.807, 2.05) is 36.4 Å². The summed E-state index contributed by atoms with van der Waals surface area (Å²) in [5.41, 5.74) is 4.52. The first kappa shape index (κ1) is 15.2. The number of tetrazole rings is 1. The zero-order chi connectivity index (χ0) is 20.0. The molecule has 7 rings (SSSR count). The Morgan fingerprint density at radius 1 is 0.933 bits per heavy atom. The number of rotatable bonds is 0. The largest absolute Gasteiger partial charge is 0.288 e. The lowest BCUT2D eigenvalue weighted by atomic mass is 10.1. The Labute approximate surface area is 166 Å². The lowest BCUT2D eigenvalue weighted by Gasteiger charge is -2.03. The Morgan fingerprint density at radius 3 is 2.60 bits per heavy atom. The highest BCUT2D eigenvalue weighted by molar-refractivity contribution is 6.23. The van der Waals surface area contributed by atoms with Gasteiger partial charge in [0.15, 0.2) is 22.8 Å². The maximum Gasteiger partial charge on any atom is 0.198 e. The summed E-state index contributed by atoms with van der Waals surface area (Å²) in [4.78, 5) is 17.8. The van der Waals surface area contributed by atoms with Gasteiger partial charge in [0.25, 0.3) is 0 Å². The van der Waals surface area contributed by atoms with Crippen LogP contribution in [-0.4, -0.2) is 40.4 Å². The van der Waals surface area contributed by atoms with E-state index in [4.69, 9.17) is 4.98 Å². The molecule has 0 saturated carbocycles. The number of carbonyl (C=O) groups is 1. The van der Waals surface area contributed by atoms with E-state index < -0.39 is 0 Å². The van der Waals surface area contributed by atoms with Gasteiger partial charge < -0.3 is 0 Å². The smallest absolute Gasteiger partial charge is 0.198 e. The topological polar surface area (TPSA) is 114 Å². The normalized spacial score (nSPS) is 12.7. The van der Waals surface area contributed by atoms with Gasteiger partial charge in [-0.25, -0.2) is 9.50 Å². The summed E-state index contributed by atoms with van der Waals surface area (Å²) in [6.07, 6.45) is 0. The van der Waals surface area contributed by atoms with Crippen LogP contribution >= 0.6 is 0 Å². The van der Waals surface area contributed by atoms with Gasteiger partial charge >= 0.3 is 0 Å². The highest BCUT2D eigenvalue weighted by atomic mass is 16.1. The first-order valence-electron chi connectivity index (χ1n) is 9.17. The molecular formula is C21H8N8O. The summed E-state index contributed by atoms with van der Waals surface area (Å²) in [6, 6.07) is 17.0. The summed E-state index contributed by atoms with van der Waals surface area (Å²) in [7, 11) is 0. The number of pyridine rings is 1. The molecule has 0 atom stereocenters. The maximum absolute atomic E-state index is 13.0. The maximum atomic E-state index is 13.0. The number of hydrogen-bond acceptors (Lipinski definition) is 7. The van der Waals surface area contributed by atoms with Crippen LogP contribution in [0.4, 0.5) is 0 Å². The number of carbonyl (C=O) groups excluding carboxylic acids is 1. The van der Waals surface area contributed by atoms with E-state index in [9.17, 15) is 10.1 Å². The van der Waals surface area contributed by atoms with Gasteiger partial charge in [-0.05, 0) is 16.5 Å². The molecule has 1 aliphatic carbocycles. The summed E-state index contributed by atoms with van der Waals surface area (Å²) < 4.78 is 3.08. The average molecular weight is 388 g/mol. The Hall–Kier alpha value is -4.71. The van der Waals surface area contributed by atoms with Gasteiger partial charge in [-0.15, -0.1) is 5.10 Å². The van der Waals surface area contributed by atoms with Crippen LogP contribution in [0, 0.1) is 11.3 Å². The quantitative estimate of drug-likeness (QED) is 0.392. The highest BCUT2D eigenvalue weighted by Crippen LogP contribution is 2.39. The third kappa shape index (κ3) is 1.59. The van der Waals surface area contributed by atoms with Crippen molar-refractivity contribution >= 4 is 38.9 Å². The summed E-state index contributed by atoms with van der Waals surface area (Å²) in [6.45, 7) is 0. The molecule has 0 aliphatic heterocycles. The second-order valence-electron chi connectivity index (χ2n) is 7.06. The van der Waals surface area contributed by atoms with Crippen molar-refractivity contribution in [1.29, 1.82) is 5.26 Å². The van der Waals surface area contributed by atoms with Crippen LogP contribution in [0.5, 0.6) is 0 Å². The van der Waals surface area contributed by atoms with Crippen LogP contribution < -0.4 is 0 Å². The third-order valence-corrected chi connectivity index (χ3v) is 5.60. The van der Waals surface area contributed by atoms with Gasteiger partial charge in [-0.3, -0.25) is 4.79 Å². The van der Waals surface area contributed by atoms with E-state index >= 15 is 0 Å². The average Bonchev–Trinajstić information content (AvgIpc) is 3.48. The van der Waals surface area contributed by atoms with E-state index in [2.05, 4.69) is 26.7 Å². The van der Waals surface area contributed by atoms with E-state index in [0.717, 1.165) is 10.9 Å². The molecule has 9 nitrogen and oxygen atoms in total. The Morgan fingerprint density at radius 2 is 1.73 bits per heavy atom. The minimum atomic E-state index is -0.217. The van der Waals surface area contributed by atoms with Gasteiger partial charge in [-0.1, -0.05) is 42.5 Å². The molecule has 0 spiro atoms. The molecule has 4 heterocycles. The number of nitrogens with zero attached hydrogens (tertiary/aromatic N) is 8. The Balaban J connectivity index is 1.78. The fraction of sp³-hybridized carbons (Fsp3) is 0. The molecule has 4 aromatic heterocycles. The molecule has 2 aromatic carbocycles. The molecule has 0 unspecified atom stereocenters. The number of fused-ring (bicyclic) bond motifs is 11. The van der Waals surface area contributed by atoms with Crippen molar-refractivity contribution in [1.82, 2.24) is 34.6 Å². The van der Waals surface area contributed by atoms with E-state index in [1.165, 1.54) is 4.52 Å². The van der Waals surface area contributed by atoms with Gasteiger partial charge in [0, 0.05) is 16.5 Å². The summed E-state index contributed by atoms with van der Waals surface area (Å²) in [5.74, 6) is -0.217. The number of benzene rings is 2. The van der Waals surface area contributed by atoms with Crippen LogP contribution in [0.25, 0.3) is 44.4 Å². The van der Waals surface area contributed by atoms with Gasteiger partial charge in [0.1, 0.15) is 11.6 Å². The molecule has 0 saturated heterocycles. The second-order valence-corrected chi connectivity index (χ2v) is 7.06. The fourth-order valence-corrected chi connectivity index (χ4v) is 4.34. The van der Waals surface area contributed by atoms with E-state index in [1.54, 1.807) is 16.6 Å². The zero-order valence-corrected chi connectivity index (χ0v) is 15.1. The number of ketones is 1. The standard InChI is InChI=1S/C21H8N8O/c22-9-14-15-17(10-5-1-2-6-11(10)19(15)30)23-20-16-18(25-28(14)20)12-7-3-4-8-13(12)29-21(16)24-26-27-29/h1-8H. The number of nitriles is 1. The number of aromatic nitrogens is 7. The monoisotopic (exact) mass is 388 g/mol. The minimum absolute atomic E-state index is 0.155. The number of para-hydroxylation sites is 1. The first-order valence-corrected chi connectivity index (χ1v) is 9.17. The van der Waals surface area contributed by atoms with Gasteiger partial charge in [0.2, 0.25) is 0 Å². The Bertz CT molecular complexity index is 1790. The Kier molecular flexibility index (Phi) is 2.54. The molecule has 1 aliphatic rings. The van der Waals surface area contributed by atoms with Crippen molar-refractivity contribution in [2.75, 3.05) is 0 Å². The van der Waals surface area contributed by atoms with Crippen molar-refractivity contribution < 1.29 is 4.79 Å². The van der Waals surface area contributed by atoms with Crippen molar-refractivity contribution in [3.05, 3.63) is 65.4 Å². The first-order chi connectivity index (χ1) is 14.8. The van der Waals surface area contributed by atoms with Crippen LogP contribution in [-0.2, 0) is 0 Å². The predicted octanol–water partition coefficient (Wildman–Crippen LogP) is 2.56. The molecule has 30 heavy (non-hydrogen) atoms. The molecule has 0 amide bonds. The van der Waals surface area contributed by atoms with Crippen LogP contribution in [0.15, 0.2) is 48.5 Å². The predicted molar refractivity (Wildman–Crippen MR) is 106 cm³/mol. The van der Waals surface area contributed by atoms with E-state index in [-0.39, 0.29) is 17.0 Å². The molecule has 0 N–H and O–H groups in total. The van der Waals surface area contributed by atoms with Crippen LogP contribution in [0.3, 0.4) is 0 Å². The van der Waals surface area contributed by atoms with Gasteiger partial charge in [0.05, 0.1) is 22.2 Å². The fourth-order valence-electron chi connectivity index (χ4n) is 4.34. The minimum Gasteiger partial charge on any atom is -0.288 e. The van der Waals surface area contributed by atoms with Gasteiger partial charge in [-0.2, -0.15) is 14.9 Å². The van der Waals surface area contributed by atoms with Crippen molar-refractivity contribution in [3.63, 3.8) is 0 Å². The summed E-state index contributed by atoms with van der Waals surface area (Å²) in [5, 5.41) is 28.3. The lowest BCUT2D eigenvalue weighted by Crippen LogP contribution is -2.06. The van der Waals surface area contributed by atoms with Crippen molar-refractivity contribution in [2.45, 2.75) is 0 Å². The summed E-state index contributed by atoms with van der Waals surface area (Å²) >= 11 is 0. The zero-order valence-electron chi connectivity index (χ0n) is 15.1. The van der Waals surface area contributed by atoms with E-state index in [0.29, 0.717) is 39.0 Å². The second kappa shape index (κ2) is 5.01. The van der Waals surface area contributed by atoms with Crippen LogP contribution in [0.1, 0.15) is 21.6 Å². The molecule has 6 aromatic rings. The molecule has 0 radical (unpaired) electrons. The third-order valence-electron chi connectivity index (χ3n) is 5.60. The van der Waals surface area contributed by atoms with Crippen LogP contribution in [0.2, 0.25) is 0 Å². The highest BCUT2D eigenvalue weighted by Gasteiger charge is 2.34. The molecule has 0 fully saturated rings. The lowest BCUT2D eigenvalue weighted by molar-refractivity contribution is 0.104. The SMILES string of the molecule is N#Cc1c2c(nc3c4c(nn13)c1ccccc1n1nnnc41)-c1ccccc1C2=O. The van der Waals surface area contributed by atoms with Crippen molar-refractivity contribution in [3.8, 4) is 17.3 Å². The number of hydrogen-bond donors (Lipinski definition) is 0.